The third kappa shape index (κ3) is 3.53. The number of halogens is 2. The van der Waals surface area contributed by atoms with Gasteiger partial charge in [0.15, 0.2) is 0 Å². The van der Waals surface area contributed by atoms with E-state index in [2.05, 4.69) is 47.8 Å². The Morgan fingerprint density at radius 3 is 2.27 bits per heavy atom. The van der Waals surface area contributed by atoms with Crippen molar-refractivity contribution in [2.75, 3.05) is 6.54 Å². The summed E-state index contributed by atoms with van der Waals surface area (Å²) in [6.45, 7) is 0.729. The molecule has 0 unspecified atom stereocenters. The SMILES string of the molecule is O=C1NC[C@H]2[C@@H](c3ccc(Cl)cc3)[C@H](c3ccc(-c4ccccc4)cc3Cl)CC[C@@H]12. The molecular weight excluding hydrogens is 413 g/mol. The molecule has 2 nitrogen and oxygen atoms in total. The summed E-state index contributed by atoms with van der Waals surface area (Å²) in [5.74, 6) is 1.08. The van der Waals surface area contributed by atoms with Crippen LogP contribution in [0.2, 0.25) is 10.0 Å². The zero-order chi connectivity index (χ0) is 20.7. The van der Waals surface area contributed by atoms with E-state index in [1.54, 1.807) is 0 Å². The first-order valence-electron chi connectivity index (χ1n) is 10.5. The van der Waals surface area contributed by atoms with E-state index in [1.807, 2.05) is 30.3 Å². The summed E-state index contributed by atoms with van der Waals surface area (Å²) in [7, 11) is 0. The van der Waals surface area contributed by atoms with E-state index >= 15 is 0 Å². The van der Waals surface area contributed by atoms with Crippen molar-refractivity contribution in [1.82, 2.24) is 5.32 Å². The molecule has 1 saturated heterocycles. The summed E-state index contributed by atoms with van der Waals surface area (Å²) in [6.07, 6.45) is 1.86. The molecule has 0 spiro atoms. The summed E-state index contributed by atoms with van der Waals surface area (Å²) >= 11 is 13.0. The summed E-state index contributed by atoms with van der Waals surface area (Å²) < 4.78 is 0. The van der Waals surface area contributed by atoms with Crippen LogP contribution in [0.3, 0.4) is 0 Å². The van der Waals surface area contributed by atoms with Gasteiger partial charge in [0.25, 0.3) is 0 Å². The highest BCUT2D eigenvalue weighted by Crippen LogP contribution is 2.52. The van der Waals surface area contributed by atoms with E-state index in [1.165, 1.54) is 11.1 Å². The minimum absolute atomic E-state index is 0.0873. The largest absolute Gasteiger partial charge is 0.356 e. The van der Waals surface area contributed by atoms with Crippen LogP contribution in [0.5, 0.6) is 0 Å². The molecule has 1 amide bonds. The Kier molecular flexibility index (Phi) is 5.30. The molecule has 1 aliphatic heterocycles. The maximum absolute atomic E-state index is 12.4. The highest BCUT2D eigenvalue weighted by atomic mass is 35.5. The van der Waals surface area contributed by atoms with Crippen LogP contribution in [0.25, 0.3) is 11.1 Å². The van der Waals surface area contributed by atoms with Crippen molar-refractivity contribution in [2.45, 2.75) is 24.7 Å². The second kappa shape index (κ2) is 8.09. The van der Waals surface area contributed by atoms with E-state index in [4.69, 9.17) is 23.2 Å². The third-order valence-corrected chi connectivity index (χ3v) is 7.39. The Morgan fingerprint density at radius 2 is 1.53 bits per heavy atom. The maximum atomic E-state index is 12.4. The van der Waals surface area contributed by atoms with E-state index in [-0.39, 0.29) is 29.6 Å². The smallest absolute Gasteiger partial charge is 0.223 e. The molecule has 4 atom stereocenters. The van der Waals surface area contributed by atoms with Crippen LogP contribution < -0.4 is 5.32 Å². The second-order valence-corrected chi connectivity index (χ2v) is 9.22. The molecule has 1 aliphatic carbocycles. The van der Waals surface area contributed by atoms with Crippen LogP contribution in [0, 0.1) is 11.8 Å². The average Bonchev–Trinajstić information content (AvgIpc) is 3.15. The Labute approximate surface area is 187 Å². The van der Waals surface area contributed by atoms with Gasteiger partial charge >= 0.3 is 0 Å². The molecule has 0 bridgehead atoms. The third-order valence-electron chi connectivity index (χ3n) is 6.81. The number of hydrogen-bond donors (Lipinski definition) is 1. The van der Waals surface area contributed by atoms with Crippen LogP contribution in [0.4, 0.5) is 0 Å². The van der Waals surface area contributed by atoms with Gasteiger partial charge in [0.05, 0.1) is 0 Å². The topological polar surface area (TPSA) is 29.1 Å². The molecule has 4 heteroatoms. The van der Waals surface area contributed by atoms with Crippen LogP contribution in [-0.2, 0) is 4.79 Å². The van der Waals surface area contributed by atoms with Crippen molar-refractivity contribution in [1.29, 1.82) is 0 Å². The van der Waals surface area contributed by atoms with Crippen molar-refractivity contribution >= 4 is 29.1 Å². The molecule has 2 fully saturated rings. The van der Waals surface area contributed by atoms with Gasteiger partial charge in [0, 0.05) is 22.5 Å². The lowest BCUT2D eigenvalue weighted by atomic mass is 9.63. The number of benzene rings is 3. The lowest BCUT2D eigenvalue weighted by Crippen LogP contribution is -2.32. The van der Waals surface area contributed by atoms with E-state index in [9.17, 15) is 4.79 Å². The first-order chi connectivity index (χ1) is 14.6. The molecule has 0 radical (unpaired) electrons. The number of rotatable bonds is 3. The fraction of sp³-hybridized carbons (Fsp3) is 0.269. The number of carbonyl (C=O) groups is 1. The second-order valence-electron chi connectivity index (χ2n) is 8.38. The molecular formula is C26H23Cl2NO. The quantitative estimate of drug-likeness (QED) is 0.487. The van der Waals surface area contributed by atoms with Gasteiger partial charge in [0.2, 0.25) is 5.91 Å². The van der Waals surface area contributed by atoms with Crippen LogP contribution in [0.15, 0.2) is 72.8 Å². The summed E-state index contributed by atoms with van der Waals surface area (Å²) in [6, 6.07) is 24.8. The number of hydrogen-bond acceptors (Lipinski definition) is 1. The number of nitrogens with one attached hydrogen (secondary N) is 1. The van der Waals surface area contributed by atoms with Gasteiger partial charge in [-0.1, -0.05) is 77.8 Å². The molecule has 0 aromatic heterocycles. The van der Waals surface area contributed by atoms with Gasteiger partial charge in [-0.2, -0.15) is 0 Å². The fourth-order valence-electron chi connectivity index (χ4n) is 5.40. The van der Waals surface area contributed by atoms with Gasteiger partial charge in [0.1, 0.15) is 0 Å². The van der Waals surface area contributed by atoms with E-state index in [0.717, 1.165) is 40.6 Å². The predicted octanol–water partition coefficient (Wildman–Crippen LogP) is 6.68. The molecule has 1 saturated carbocycles. The first-order valence-corrected chi connectivity index (χ1v) is 11.3. The van der Waals surface area contributed by atoms with Gasteiger partial charge in [-0.05, 0) is 71.0 Å². The summed E-state index contributed by atoms with van der Waals surface area (Å²) in [5.41, 5.74) is 4.70. The minimum atomic E-state index is 0.0873. The molecule has 3 aromatic rings. The average molecular weight is 436 g/mol. The van der Waals surface area contributed by atoms with Gasteiger partial charge in [-0.15, -0.1) is 0 Å². The Hall–Kier alpha value is -2.29. The van der Waals surface area contributed by atoms with E-state index in [0.29, 0.717) is 0 Å². The van der Waals surface area contributed by atoms with Crippen LogP contribution >= 0.6 is 23.2 Å². The number of carbonyl (C=O) groups excluding carboxylic acids is 1. The van der Waals surface area contributed by atoms with Crippen molar-refractivity contribution in [3.8, 4) is 11.1 Å². The molecule has 5 rings (SSSR count). The van der Waals surface area contributed by atoms with Crippen molar-refractivity contribution in [2.24, 2.45) is 11.8 Å². The summed E-state index contributed by atoms with van der Waals surface area (Å²) in [4.78, 5) is 12.4. The van der Waals surface area contributed by atoms with Gasteiger partial charge < -0.3 is 5.32 Å². The normalized spacial score (nSPS) is 25.6. The van der Waals surface area contributed by atoms with Crippen molar-refractivity contribution < 1.29 is 4.79 Å². The lowest BCUT2D eigenvalue weighted by Gasteiger charge is -2.40. The Bertz CT molecular complexity index is 1060. The monoisotopic (exact) mass is 435 g/mol. The molecule has 3 aromatic carbocycles. The molecule has 2 aliphatic rings. The standard InChI is InChI=1S/C26H23Cl2NO/c27-19-9-6-17(7-10-19)25-21(12-13-22-23(25)15-29-26(22)30)20-11-8-18(14-24(20)28)16-4-2-1-3-5-16/h1-11,14,21-23,25H,12-13,15H2,(H,29,30)/t21-,22+,23+,25-/m0/s1. The predicted molar refractivity (Wildman–Crippen MR) is 123 cm³/mol. The van der Waals surface area contributed by atoms with Crippen LogP contribution in [-0.4, -0.2) is 12.5 Å². The lowest BCUT2D eigenvalue weighted by molar-refractivity contribution is -0.123. The summed E-state index contributed by atoms with van der Waals surface area (Å²) in [5, 5.41) is 4.62. The Balaban J connectivity index is 1.54. The van der Waals surface area contributed by atoms with Gasteiger partial charge in [-0.3, -0.25) is 4.79 Å². The molecule has 152 valence electrons. The highest BCUT2D eigenvalue weighted by molar-refractivity contribution is 6.31. The first kappa shape index (κ1) is 19.7. The molecule has 1 heterocycles. The Morgan fingerprint density at radius 1 is 0.800 bits per heavy atom. The molecule has 1 N–H and O–H groups in total. The van der Waals surface area contributed by atoms with E-state index < -0.39 is 0 Å². The zero-order valence-corrected chi connectivity index (χ0v) is 18.0. The number of amides is 1. The van der Waals surface area contributed by atoms with Crippen LogP contribution in [0.1, 0.15) is 35.8 Å². The van der Waals surface area contributed by atoms with Crippen molar-refractivity contribution in [3.05, 3.63) is 94.0 Å². The zero-order valence-electron chi connectivity index (χ0n) is 16.5. The minimum Gasteiger partial charge on any atom is -0.356 e. The van der Waals surface area contributed by atoms with Crippen molar-refractivity contribution in [3.63, 3.8) is 0 Å². The molecule has 30 heavy (non-hydrogen) atoms. The van der Waals surface area contributed by atoms with Gasteiger partial charge in [-0.25, -0.2) is 0 Å². The maximum Gasteiger partial charge on any atom is 0.223 e. The fourth-order valence-corrected chi connectivity index (χ4v) is 5.84. The number of fused-ring (bicyclic) bond motifs is 1. The highest BCUT2D eigenvalue weighted by Gasteiger charge is 2.47.